The monoisotopic (exact) mass is 353 g/mol. The molecule has 0 aliphatic rings. The normalized spacial score (nSPS) is 10.3. The van der Waals surface area contributed by atoms with Crippen LogP contribution in [0.2, 0.25) is 0 Å². The number of rotatable bonds is 7. The molecular formula is C18H15N3O5. The first-order chi connectivity index (χ1) is 12.6. The van der Waals surface area contributed by atoms with Crippen molar-refractivity contribution < 1.29 is 23.5 Å². The minimum Gasteiger partial charge on any atom is -0.481 e. The van der Waals surface area contributed by atoms with Gasteiger partial charge in [0.05, 0.1) is 5.56 Å². The first kappa shape index (κ1) is 17.2. The predicted molar refractivity (Wildman–Crippen MR) is 90.0 cm³/mol. The van der Waals surface area contributed by atoms with E-state index in [9.17, 15) is 9.59 Å². The Labute approximate surface area is 148 Å². The fraction of sp³-hybridized carbons (Fsp3) is 0.111. The van der Waals surface area contributed by atoms with Gasteiger partial charge in [0.15, 0.2) is 13.2 Å². The Morgan fingerprint density at radius 3 is 2.50 bits per heavy atom. The lowest BCUT2D eigenvalue weighted by Crippen LogP contribution is -2.18. The second kappa shape index (κ2) is 7.93. The molecule has 8 heteroatoms. The standard InChI is InChI=1S/C18H15N3O5/c19-17(23)13-8-4-5-9-14(13)24-11-16(22)25-10-15-20-21-18(26-15)12-6-2-1-3-7-12/h1-9H,10-11H2,(H2,19,23). The molecule has 0 fully saturated rings. The van der Waals surface area contributed by atoms with Crippen LogP contribution in [0.15, 0.2) is 59.0 Å². The van der Waals surface area contributed by atoms with Gasteiger partial charge in [-0.25, -0.2) is 4.79 Å². The van der Waals surface area contributed by atoms with Crippen LogP contribution in [0.4, 0.5) is 0 Å². The number of hydrogen-bond donors (Lipinski definition) is 1. The summed E-state index contributed by atoms with van der Waals surface area (Å²) in [4.78, 5) is 23.1. The van der Waals surface area contributed by atoms with Gasteiger partial charge in [0.25, 0.3) is 11.8 Å². The summed E-state index contributed by atoms with van der Waals surface area (Å²) in [5, 5.41) is 7.72. The molecule has 2 aromatic carbocycles. The molecule has 8 nitrogen and oxygen atoms in total. The smallest absolute Gasteiger partial charge is 0.344 e. The highest BCUT2D eigenvalue weighted by Gasteiger charge is 2.13. The Hall–Kier alpha value is -3.68. The average molecular weight is 353 g/mol. The van der Waals surface area contributed by atoms with Crippen molar-refractivity contribution in [3.05, 3.63) is 66.1 Å². The molecule has 132 valence electrons. The number of aromatic nitrogens is 2. The van der Waals surface area contributed by atoms with E-state index >= 15 is 0 Å². The Kier molecular flexibility index (Phi) is 5.23. The van der Waals surface area contributed by atoms with Crippen molar-refractivity contribution in [1.29, 1.82) is 0 Å². The SMILES string of the molecule is NC(=O)c1ccccc1OCC(=O)OCc1nnc(-c2ccccc2)o1. The zero-order chi connectivity index (χ0) is 18.4. The molecule has 0 aliphatic heterocycles. The quantitative estimate of drug-likeness (QED) is 0.645. The molecule has 26 heavy (non-hydrogen) atoms. The number of primary amides is 1. The number of carbonyl (C=O) groups excluding carboxylic acids is 2. The first-order valence-electron chi connectivity index (χ1n) is 7.68. The summed E-state index contributed by atoms with van der Waals surface area (Å²) in [7, 11) is 0. The van der Waals surface area contributed by atoms with Crippen molar-refractivity contribution in [2.75, 3.05) is 6.61 Å². The summed E-state index contributed by atoms with van der Waals surface area (Å²) >= 11 is 0. The van der Waals surface area contributed by atoms with Crippen LogP contribution in [0, 0.1) is 0 Å². The zero-order valence-electron chi connectivity index (χ0n) is 13.6. The molecule has 0 atom stereocenters. The predicted octanol–water partition coefficient (Wildman–Crippen LogP) is 1.96. The molecule has 1 aromatic heterocycles. The van der Waals surface area contributed by atoms with Crippen LogP contribution in [-0.2, 0) is 16.1 Å². The van der Waals surface area contributed by atoms with Crippen LogP contribution in [-0.4, -0.2) is 28.7 Å². The molecule has 2 N–H and O–H groups in total. The van der Waals surface area contributed by atoms with Gasteiger partial charge < -0.3 is 19.6 Å². The lowest BCUT2D eigenvalue weighted by molar-refractivity contribution is -0.148. The van der Waals surface area contributed by atoms with Gasteiger partial charge in [-0.2, -0.15) is 0 Å². The molecular weight excluding hydrogens is 338 g/mol. The summed E-state index contributed by atoms with van der Waals surface area (Å²) in [5.41, 5.74) is 6.20. The van der Waals surface area contributed by atoms with Gasteiger partial charge in [-0.15, -0.1) is 10.2 Å². The van der Waals surface area contributed by atoms with E-state index in [1.54, 1.807) is 12.1 Å². The maximum Gasteiger partial charge on any atom is 0.344 e. The highest BCUT2D eigenvalue weighted by atomic mass is 16.6. The maximum atomic E-state index is 11.8. The van der Waals surface area contributed by atoms with Crippen LogP contribution < -0.4 is 10.5 Å². The number of esters is 1. The minimum atomic E-state index is -0.649. The fourth-order valence-electron chi connectivity index (χ4n) is 2.13. The average Bonchev–Trinajstić information content (AvgIpc) is 3.14. The Morgan fingerprint density at radius 2 is 1.73 bits per heavy atom. The van der Waals surface area contributed by atoms with E-state index in [2.05, 4.69) is 10.2 Å². The van der Waals surface area contributed by atoms with E-state index in [-0.39, 0.29) is 30.4 Å². The number of ether oxygens (including phenoxy) is 2. The summed E-state index contributed by atoms with van der Waals surface area (Å²) in [6.07, 6.45) is 0. The number of amides is 1. The van der Waals surface area contributed by atoms with Gasteiger partial charge in [-0.3, -0.25) is 4.79 Å². The fourth-order valence-corrected chi connectivity index (χ4v) is 2.13. The van der Waals surface area contributed by atoms with E-state index in [0.717, 1.165) is 5.56 Å². The molecule has 3 rings (SSSR count). The van der Waals surface area contributed by atoms with Crippen LogP contribution in [0.1, 0.15) is 16.2 Å². The van der Waals surface area contributed by atoms with Gasteiger partial charge in [0.1, 0.15) is 5.75 Å². The molecule has 3 aromatic rings. The third kappa shape index (κ3) is 4.23. The third-order valence-electron chi connectivity index (χ3n) is 3.34. The first-order valence-corrected chi connectivity index (χ1v) is 7.68. The summed E-state index contributed by atoms with van der Waals surface area (Å²) in [6, 6.07) is 15.6. The Morgan fingerprint density at radius 1 is 1.00 bits per heavy atom. The summed E-state index contributed by atoms with van der Waals surface area (Å²) in [5.74, 6) is -0.587. The zero-order valence-corrected chi connectivity index (χ0v) is 13.6. The molecule has 1 heterocycles. The Balaban J connectivity index is 1.52. The molecule has 0 saturated carbocycles. The number of benzene rings is 2. The van der Waals surface area contributed by atoms with E-state index in [1.165, 1.54) is 12.1 Å². The van der Waals surface area contributed by atoms with Crippen molar-refractivity contribution in [1.82, 2.24) is 10.2 Å². The van der Waals surface area contributed by atoms with Gasteiger partial charge >= 0.3 is 5.97 Å². The molecule has 0 aliphatic carbocycles. The van der Waals surface area contributed by atoms with Crippen LogP contribution in [0.5, 0.6) is 5.75 Å². The summed E-state index contributed by atoms with van der Waals surface area (Å²) < 4.78 is 15.7. The number of carbonyl (C=O) groups is 2. The van der Waals surface area contributed by atoms with Crippen LogP contribution in [0.3, 0.4) is 0 Å². The van der Waals surface area contributed by atoms with Crippen molar-refractivity contribution in [2.45, 2.75) is 6.61 Å². The summed E-state index contributed by atoms with van der Waals surface area (Å²) in [6.45, 7) is -0.566. The maximum absolute atomic E-state index is 11.8. The lowest BCUT2D eigenvalue weighted by Gasteiger charge is -2.08. The Bertz CT molecular complexity index is 908. The number of hydrogen-bond acceptors (Lipinski definition) is 7. The van der Waals surface area contributed by atoms with Crippen molar-refractivity contribution >= 4 is 11.9 Å². The molecule has 0 spiro atoms. The molecule has 0 unspecified atom stereocenters. The van der Waals surface area contributed by atoms with Crippen molar-refractivity contribution in [2.24, 2.45) is 5.73 Å². The van der Waals surface area contributed by atoms with E-state index in [1.807, 2.05) is 30.3 Å². The highest BCUT2D eigenvalue weighted by molar-refractivity contribution is 5.95. The second-order valence-electron chi connectivity index (χ2n) is 5.18. The number of nitrogens with two attached hydrogens (primary N) is 1. The topological polar surface area (TPSA) is 118 Å². The van der Waals surface area contributed by atoms with Gasteiger partial charge in [-0.1, -0.05) is 30.3 Å². The van der Waals surface area contributed by atoms with Gasteiger partial charge in [-0.05, 0) is 24.3 Å². The van der Waals surface area contributed by atoms with Crippen molar-refractivity contribution in [3.63, 3.8) is 0 Å². The second-order valence-corrected chi connectivity index (χ2v) is 5.18. The molecule has 0 bridgehead atoms. The van der Waals surface area contributed by atoms with Gasteiger partial charge in [0, 0.05) is 5.56 Å². The van der Waals surface area contributed by atoms with E-state index < -0.39 is 11.9 Å². The van der Waals surface area contributed by atoms with E-state index in [0.29, 0.717) is 5.89 Å². The molecule has 0 saturated heterocycles. The van der Waals surface area contributed by atoms with Gasteiger partial charge in [0.2, 0.25) is 5.89 Å². The molecule has 0 radical (unpaired) electrons. The number of nitrogens with zero attached hydrogens (tertiary/aromatic N) is 2. The van der Waals surface area contributed by atoms with Crippen LogP contribution in [0.25, 0.3) is 11.5 Å². The van der Waals surface area contributed by atoms with Crippen molar-refractivity contribution in [3.8, 4) is 17.2 Å². The van der Waals surface area contributed by atoms with E-state index in [4.69, 9.17) is 19.6 Å². The largest absolute Gasteiger partial charge is 0.481 e. The lowest BCUT2D eigenvalue weighted by atomic mass is 10.2. The third-order valence-corrected chi connectivity index (χ3v) is 3.34. The van der Waals surface area contributed by atoms with Crippen LogP contribution >= 0.6 is 0 Å². The highest BCUT2D eigenvalue weighted by Crippen LogP contribution is 2.18. The minimum absolute atomic E-state index is 0.162. The number of para-hydroxylation sites is 1. The molecule has 1 amide bonds.